The van der Waals surface area contributed by atoms with Crippen LogP contribution in [0, 0.1) is 11.6 Å². The molecular weight excluding hydrogens is 468 g/mol. The quantitative estimate of drug-likeness (QED) is 0.516. The summed E-state index contributed by atoms with van der Waals surface area (Å²) in [6, 6.07) is 13.6. The van der Waals surface area contributed by atoms with E-state index in [1.807, 2.05) is 0 Å². The van der Waals surface area contributed by atoms with Crippen molar-refractivity contribution in [3.05, 3.63) is 83.4 Å². The van der Waals surface area contributed by atoms with Crippen LogP contribution in [-0.2, 0) is 20.5 Å². The van der Waals surface area contributed by atoms with Crippen LogP contribution in [0.5, 0.6) is 11.5 Å². The number of rotatable bonds is 6. The van der Waals surface area contributed by atoms with Crippen molar-refractivity contribution in [3.8, 4) is 22.6 Å². The van der Waals surface area contributed by atoms with E-state index in [4.69, 9.17) is 14.7 Å². The number of nitrogens with two attached hydrogens (primary N) is 1. The standard InChI is InChI=1S/C23H19F2N3O5S/c1-32-19-5-3-4-16(20(19)25)17-12-14(8-11-18(17)24)23(21(29)27-22(26)28-23)13-6-9-15(10-7-13)33-34(2,30)31/h3-12H,1-2H3,(H3,26,27,28,29). The predicted molar refractivity (Wildman–Crippen MR) is 121 cm³/mol. The first-order chi connectivity index (χ1) is 16.0. The zero-order valence-electron chi connectivity index (χ0n) is 18.0. The van der Waals surface area contributed by atoms with Crippen LogP contribution in [0.4, 0.5) is 8.78 Å². The third kappa shape index (κ3) is 4.05. The lowest BCUT2D eigenvalue weighted by Crippen LogP contribution is -2.39. The number of hydrogen-bond donors (Lipinski definition) is 2. The Balaban J connectivity index is 1.89. The van der Waals surface area contributed by atoms with Gasteiger partial charge < -0.3 is 14.7 Å². The molecule has 3 aromatic rings. The van der Waals surface area contributed by atoms with Gasteiger partial charge in [-0.3, -0.25) is 10.1 Å². The second kappa shape index (κ2) is 8.41. The first kappa shape index (κ1) is 23.2. The summed E-state index contributed by atoms with van der Waals surface area (Å²) < 4.78 is 62.4. The lowest BCUT2D eigenvalue weighted by molar-refractivity contribution is -0.122. The first-order valence-electron chi connectivity index (χ1n) is 9.85. The number of amides is 1. The minimum absolute atomic E-state index is 0.0232. The van der Waals surface area contributed by atoms with Crippen LogP contribution >= 0.6 is 0 Å². The highest BCUT2D eigenvalue weighted by molar-refractivity contribution is 7.86. The monoisotopic (exact) mass is 487 g/mol. The highest BCUT2D eigenvalue weighted by atomic mass is 32.2. The smallest absolute Gasteiger partial charge is 0.306 e. The van der Waals surface area contributed by atoms with Gasteiger partial charge in [0.2, 0.25) is 0 Å². The lowest BCUT2D eigenvalue weighted by atomic mass is 9.81. The van der Waals surface area contributed by atoms with Gasteiger partial charge in [-0.05, 0) is 41.5 Å². The van der Waals surface area contributed by atoms with Gasteiger partial charge in [-0.25, -0.2) is 13.8 Å². The number of benzene rings is 3. The van der Waals surface area contributed by atoms with E-state index >= 15 is 0 Å². The SMILES string of the molecule is COc1cccc(-c2cc(C3(c4ccc(OS(C)(=O)=O)cc4)N=C(N)NC3=O)ccc2F)c1F. The van der Waals surface area contributed by atoms with Gasteiger partial charge in [-0.15, -0.1) is 0 Å². The second-order valence-corrected chi connectivity index (χ2v) is 9.06. The van der Waals surface area contributed by atoms with E-state index in [1.54, 1.807) is 0 Å². The van der Waals surface area contributed by atoms with Crippen molar-refractivity contribution in [2.75, 3.05) is 13.4 Å². The molecule has 176 valence electrons. The van der Waals surface area contributed by atoms with Crippen LogP contribution in [0.2, 0.25) is 0 Å². The Morgan fingerprint density at radius 2 is 1.68 bits per heavy atom. The zero-order chi connectivity index (χ0) is 24.7. The van der Waals surface area contributed by atoms with Gasteiger partial charge in [0, 0.05) is 11.1 Å². The van der Waals surface area contributed by atoms with Crippen molar-refractivity contribution in [2.45, 2.75) is 5.54 Å². The average molecular weight is 487 g/mol. The van der Waals surface area contributed by atoms with E-state index in [2.05, 4.69) is 10.3 Å². The van der Waals surface area contributed by atoms with Crippen LogP contribution in [0.25, 0.3) is 11.1 Å². The van der Waals surface area contributed by atoms with E-state index in [-0.39, 0.29) is 34.1 Å². The third-order valence-corrected chi connectivity index (χ3v) is 5.73. The minimum Gasteiger partial charge on any atom is -0.494 e. The molecule has 0 aromatic heterocycles. The van der Waals surface area contributed by atoms with Gasteiger partial charge >= 0.3 is 10.1 Å². The van der Waals surface area contributed by atoms with E-state index < -0.39 is 33.2 Å². The number of halogens is 2. The molecule has 1 heterocycles. The molecule has 1 unspecified atom stereocenters. The molecule has 0 spiro atoms. The normalized spacial score (nSPS) is 17.8. The van der Waals surface area contributed by atoms with Crippen LogP contribution in [0.1, 0.15) is 11.1 Å². The molecule has 0 aliphatic carbocycles. The Bertz CT molecular complexity index is 1430. The highest BCUT2D eigenvalue weighted by Crippen LogP contribution is 2.40. The summed E-state index contributed by atoms with van der Waals surface area (Å²) in [6.45, 7) is 0. The molecule has 8 nitrogen and oxygen atoms in total. The number of methoxy groups -OCH3 is 1. The van der Waals surface area contributed by atoms with Crippen molar-refractivity contribution < 1.29 is 30.9 Å². The van der Waals surface area contributed by atoms with Crippen LogP contribution < -0.4 is 20.0 Å². The van der Waals surface area contributed by atoms with E-state index in [0.717, 1.165) is 12.3 Å². The van der Waals surface area contributed by atoms with Crippen molar-refractivity contribution in [2.24, 2.45) is 10.7 Å². The van der Waals surface area contributed by atoms with Gasteiger partial charge in [-0.2, -0.15) is 8.42 Å². The Kier molecular flexibility index (Phi) is 5.74. The Morgan fingerprint density at radius 1 is 1.00 bits per heavy atom. The molecule has 0 radical (unpaired) electrons. The molecule has 0 saturated carbocycles. The molecule has 0 saturated heterocycles. The molecule has 1 aliphatic rings. The molecular formula is C23H19F2N3O5S. The summed E-state index contributed by atoms with van der Waals surface area (Å²) in [5, 5.41) is 2.43. The second-order valence-electron chi connectivity index (χ2n) is 7.49. The summed E-state index contributed by atoms with van der Waals surface area (Å²) in [6.07, 6.45) is 0.898. The van der Waals surface area contributed by atoms with Gasteiger partial charge in [0.05, 0.1) is 13.4 Å². The summed E-state index contributed by atoms with van der Waals surface area (Å²) in [4.78, 5) is 17.4. The summed E-state index contributed by atoms with van der Waals surface area (Å²) in [5.74, 6) is -2.32. The van der Waals surface area contributed by atoms with Crippen LogP contribution in [-0.4, -0.2) is 33.7 Å². The highest BCUT2D eigenvalue weighted by Gasteiger charge is 2.47. The fraction of sp³-hybridized carbons (Fsp3) is 0.130. The van der Waals surface area contributed by atoms with Gasteiger partial charge in [0.25, 0.3) is 5.91 Å². The maximum atomic E-state index is 14.9. The number of guanidine groups is 1. The topological polar surface area (TPSA) is 120 Å². The Labute approximate surface area is 194 Å². The average Bonchev–Trinajstić information content (AvgIpc) is 3.08. The molecule has 1 atom stereocenters. The van der Waals surface area contributed by atoms with Crippen molar-refractivity contribution in [3.63, 3.8) is 0 Å². The summed E-state index contributed by atoms with van der Waals surface area (Å²) in [5.41, 5.74) is 4.39. The number of ether oxygens (including phenoxy) is 1. The predicted octanol–water partition coefficient (Wildman–Crippen LogP) is 2.67. The molecule has 11 heteroatoms. The number of aliphatic imine (C=N–C) groups is 1. The number of carbonyl (C=O) groups excluding carboxylic acids is 1. The molecule has 34 heavy (non-hydrogen) atoms. The molecule has 0 bridgehead atoms. The van der Waals surface area contributed by atoms with Crippen molar-refractivity contribution in [1.82, 2.24) is 5.32 Å². The van der Waals surface area contributed by atoms with Gasteiger partial charge in [0.1, 0.15) is 11.6 Å². The lowest BCUT2D eigenvalue weighted by Gasteiger charge is -2.25. The number of nitrogens with one attached hydrogen (secondary N) is 1. The number of hydrogen-bond acceptors (Lipinski definition) is 7. The molecule has 1 amide bonds. The van der Waals surface area contributed by atoms with Gasteiger partial charge in [0.15, 0.2) is 23.1 Å². The van der Waals surface area contributed by atoms with Crippen molar-refractivity contribution in [1.29, 1.82) is 0 Å². The first-order valence-corrected chi connectivity index (χ1v) is 11.7. The Morgan fingerprint density at radius 3 is 2.26 bits per heavy atom. The molecule has 4 rings (SSSR count). The van der Waals surface area contributed by atoms with E-state index in [0.29, 0.717) is 5.56 Å². The minimum atomic E-state index is -3.76. The number of carbonyl (C=O) groups is 1. The summed E-state index contributed by atoms with van der Waals surface area (Å²) in [7, 11) is -2.47. The number of nitrogens with zero attached hydrogens (tertiary/aromatic N) is 1. The van der Waals surface area contributed by atoms with Gasteiger partial charge in [-0.1, -0.05) is 30.3 Å². The van der Waals surface area contributed by atoms with E-state index in [1.165, 1.54) is 61.7 Å². The fourth-order valence-electron chi connectivity index (χ4n) is 3.78. The largest absolute Gasteiger partial charge is 0.494 e. The Hall–Kier alpha value is -3.99. The van der Waals surface area contributed by atoms with E-state index in [9.17, 15) is 22.0 Å². The molecule has 3 aromatic carbocycles. The maximum Gasteiger partial charge on any atom is 0.306 e. The van der Waals surface area contributed by atoms with Crippen molar-refractivity contribution >= 4 is 22.0 Å². The third-order valence-electron chi connectivity index (χ3n) is 5.24. The van der Waals surface area contributed by atoms with Crippen LogP contribution in [0.15, 0.2) is 65.7 Å². The molecule has 1 aliphatic heterocycles. The molecule has 3 N–H and O–H groups in total. The zero-order valence-corrected chi connectivity index (χ0v) is 18.8. The molecule has 0 fully saturated rings. The van der Waals surface area contributed by atoms with Crippen LogP contribution in [0.3, 0.4) is 0 Å². The summed E-state index contributed by atoms with van der Waals surface area (Å²) >= 11 is 0. The fourth-order valence-corrected chi connectivity index (χ4v) is 4.24. The maximum absolute atomic E-state index is 14.9.